The van der Waals surface area contributed by atoms with E-state index in [0.717, 1.165) is 44.1 Å². The van der Waals surface area contributed by atoms with Crippen LogP contribution in [0.5, 0.6) is 0 Å². The zero-order valence-electron chi connectivity index (χ0n) is 21.3. The van der Waals surface area contributed by atoms with Crippen LogP contribution in [0.4, 0.5) is 23.8 Å². The van der Waals surface area contributed by atoms with Crippen molar-refractivity contribution in [2.45, 2.75) is 0 Å². The van der Waals surface area contributed by atoms with Crippen molar-refractivity contribution in [3.63, 3.8) is 0 Å². The second-order valence-electron chi connectivity index (χ2n) is 9.61. The number of hydrogen-bond donors (Lipinski definition) is 4. The molecule has 0 bridgehead atoms. The number of imidazole rings is 4. The molecule has 0 spiro atoms. The van der Waals surface area contributed by atoms with Crippen molar-refractivity contribution in [3.05, 3.63) is 97.1 Å². The Morgan fingerprint density at radius 1 is 0.375 bits per heavy atom. The summed E-state index contributed by atoms with van der Waals surface area (Å²) in [5.74, 6) is 2.81. The van der Waals surface area contributed by atoms with E-state index in [1.54, 1.807) is 0 Å². The molecule has 4 N–H and O–H groups in total. The summed E-state index contributed by atoms with van der Waals surface area (Å²) >= 11 is 0. The van der Waals surface area contributed by atoms with Crippen molar-refractivity contribution in [1.82, 2.24) is 39.9 Å². The smallest absolute Gasteiger partial charge is 0.210 e. The Kier molecular flexibility index (Phi) is 5.02. The summed E-state index contributed by atoms with van der Waals surface area (Å²) in [6.45, 7) is 1.07. The molecule has 4 aromatic carbocycles. The first kappa shape index (κ1) is 22.4. The molecular weight excluding hydrogens is 500 g/mol. The van der Waals surface area contributed by atoms with Crippen LogP contribution < -0.4 is 9.80 Å². The Labute approximate surface area is 227 Å². The van der Waals surface area contributed by atoms with Gasteiger partial charge in [-0.25, -0.2) is 19.9 Å². The molecule has 10 nitrogen and oxygen atoms in total. The number of para-hydroxylation sites is 8. The molecule has 0 atom stereocenters. The van der Waals surface area contributed by atoms with Gasteiger partial charge in [0.25, 0.3) is 0 Å². The van der Waals surface area contributed by atoms with Gasteiger partial charge in [-0.05, 0) is 48.5 Å². The predicted molar refractivity (Wildman–Crippen MR) is 158 cm³/mol. The van der Waals surface area contributed by atoms with Crippen molar-refractivity contribution in [2.75, 3.05) is 22.9 Å². The number of nitrogens with zero attached hydrogens (tertiary/aromatic N) is 6. The molecule has 0 aliphatic rings. The van der Waals surface area contributed by atoms with E-state index in [4.69, 9.17) is 19.9 Å². The fraction of sp³-hybridized carbons (Fsp3) is 0.0667. The first-order valence-electron chi connectivity index (χ1n) is 13.1. The van der Waals surface area contributed by atoms with Gasteiger partial charge < -0.3 is 19.9 Å². The van der Waals surface area contributed by atoms with Crippen molar-refractivity contribution >= 4 is 67.9 Å². The van der Waals surface area contributed by atoms with Crippen LogP contribution in [0.25, 0.3) is 44.1 Å². The number of rotatable bonds is 7. The van der Waals surface area contributed by atoms with Crippen LogP contribution in [0.2, 0.25) is 0 Å². The van der Waals surface area contributed by atoms with Crippen molar-refractivity contribution in [2.24, 2.45) is 0 Å². The Morgan fingerprint density at radius 2 is 0.625 bits per heavy atom. The van der Waals surface area contributed by atoms with Crippen LogP contribution in [-0.4, -0.2) is 53.0 Å². The number of nitrogens with one attached hydrogen (secondary N) is 4. The first-order valence-corrected chi connectivity index (χ1v) is 13.1. The molecule has 4 heterocycles. The van der Waals surface area contributed by atoms with Crippen LogP contribution in [-0.2, 0) is 0 Å². The lowest BCUT2D eigenvalue weighted by atomic mass is 10.3. The molecule has 0 fully saturated rings. The minimum Gasteiger partial charge on any atom is -0.324 e. The lowest BCUT2D eigenvalue weighted by Crippen LogP contribution is -2.32. The largest absolute Gasteiger partial charge is 0.324 e. The third-order valence-corrected chi connectivity index (χ3v) is 7.08. The third-order valence-electron chi connectivity index (χ3n) is 7.08. The first-order chi connectivity index (χ1) is 19.8. The SMILES string of the molecule is c1ccc2[nH]c(N(CCN(c3nc4ccccc4[nH]3)c3nc4ccccc4[nH]3)c3nc4ccccc4[nH]3)nc2c1. The minimum atomic E-state index is 0.535. The molecule has 0 amide bonds. The second-order valence-corrected chi connectivity index (χ2v) is 9.61. The summed E-state index contributed by atoms with van der Waals surface area (Å²) in [7, 11) is 0. The molecule has 8 aromatic rings. The standard InChI is InChI=1S/C30H24N10/c1-2-10-20-19(9-1)31-27(32-20)39(28-33-21-11-3-4-12-22(21)34-28)17-18-40(29-35-23-13-5-6-14-24(23)36-29)30-37-25-15-7-8-16-26(25)38-30/h1-16H,17-18H2,(H,31,32)(H,33,34)(H,35,36)(H,37,38). The Morgan fingerprint density at radius 3 is 0.875 bits per heavy atom. The highest BCUT2D eigenvalue weighted by molar-refractivity contribution is 5.83. The summed E-state index contributed by atoms with van der Waals surface area (Å²) in [5, 5.41) is 0. The van der Waals surface area contributed by atoms with E-state index in [9.17, 15) is 0 Å². The summed E-state index contributed by atoms with van der Waals surface area (Å²) < 4.78 is 0. The summed E-state index contributed by atoms with van der Waals surface area (Å²) in [4.78, 5) is 37.6. The fourth-order valence-electron chi connectivity index (χ4n) is 5.09. The summed E-state index contributed by atoms with van der Waals surface area (Å²) in [6, 6.07) is 32.1. The highest BCUT2D eigenvalue weighted by atomic mass is 15.4. The number of hydrogen-bond acceptors (Lipinski definition) is 6. The molecule has 194 valence electrons. The van der Waals surface area contributed by atoms with E-state index in [0.29, 0.717) is 36.9 Å². The average molecular weight is 525 g/mol. The van der Waals surface area contributed by atoms with Crippen LogP contribution in [0, 0.1) is 0 Å². The zero-order valence-corrected chi connectivity index (χ0v) is 21.3. The normalized spacial score (nSPS) is 11.7. The quantitative estimate of drug-likeness (QED) is 0.198. The summed E-state index contributed by atoms with van der Waals surface area (Å²) in [6.07, 6.45) is 0. The topological polar surface area (TPSA) is 121 Å². The van der Waals surface area contributed by atoms with E-state index in [-0.39, 0.29) is 0 Å². The highest BCUT2D eigenvalue weighted by Crippen LogP contribution is 2.29. The fourth-order valence-corrected chi connectivity index (χ4v) is 5.09. The van der Waals surface area contributed by atoms with Gasteiger partial charge in [-0.3, -0.25) is 9.80 Å². The lowest BCUT2D eigenvalue weighted by molar-refractivity contribution is 0.820. The molecule has 0 unspecified atom stereocenters. The second kappa shape index (κ2) is 8.98. The number of anilines is 4. The summed E-state index contributed by atoms with van der Waals surface area (Å²) in [5.41, 5.74) is 7.43. The number of aromatic nitrogens is 8. The van der Waals surface area contributed by atoms with Gasteiger partial charge in [0.15, 0.2) is 0 Å². The molecule has 4 aromatic heterocycles. The van der Waals surface area contributed by atoms with E-state index < -0.39 is 0 Å². The van der Waals surface area contributed by atoms with E-state index in [1.807, 2.05) is 97.1 Å². The monoisotopic (exact) mass is 524 g/mol. The van der Waals surface area contributed by atoms with E-state index in [1.165, 1.54) is 0 Å². The molecule has 0 saturated carbocycles. The lowest BCUT2D eigenvalue weighted by Gasteiger charge is -2.24. The number of benzene rings is 4. The van der Waals surface area contributed by atoms with Gasteiger partial charge in [-0.15, -0.1) is 0 Å². The van der Waals surface area contributed by atoms with Gasteiger partial charge in [-0.2, -0.15) is 0 Å². The van der Waals surface area contributed by atoms with Crippen LogP contribution in [0.15, 0.2) is 97.1 Å². The number of H-pyrrole nitrogens is 4. The Hall–Kier alpha value is -5.64. The van der Waals surface area contributed by atoms with Gasteiger partial charge >= 0.3 is 0 Å². The maximum atomic E-state index is 4.90. The molecule has 10 heteroatoms. The van der Waals surface area contributed by atoms with Gasteiger partial charge in [0, 0.05) is 13.1 Å². The van der Waals surface area contributed by atoms with Gasteiger partial charge in [0.05, 0.1) is 44.1 Å². The van der Waals surface area contributed by atoms with Crippen LogP contribution in [0.1, 0.15) is 0 Å². The van der Waals surface area contributed by atoms with Crippen molar-refractivity contribution in [3.8, 4) is 0 Å². The maximum absolute atomic E-state index is 4.90. The third kappa shape index (κ3) is 3.81. The van der Waals surface area contributed by atoms with Crippen LogP contribution >= 0.6 is 0 Å². The van der Waals surface area contributed by atoms with Gasteiger partial charge in [0.2, 0.25) is 23.8 Å². The Balaban J connectivity index is 1.22. The van der Waals surface area contributed by atoms with Gasteiger partial charge in [-0.1, -0.05) is 48.5 Å². The Bertz CT molecular complexity index is 1680. The number of fused-ring (bicyclic) bond motifs is 4. The van der Waals surface area contributed by atoms with Gasteiger partial charge in [0.1, 0.15) is 0 Å². The molecular formula is C30H24N10. The zero-order chi connectivity index (χ0) is 26.5. The molecule has 0 radical (unpaired) electrons. The molecule has 0 aliphatic heterocycles. The number of aromatic amines is 4. The minimum absolute atomic E-state index is 0.535. The predicted octanol–water partition coefficient (Wildman–Crippen LogP) is 6.17. The average Bonchev–Trinajstić information content (AvgIpc) is 3.78. The molecule has 0 aliphatic carbocycles. The van der Waals surface area contributed by atoms with Crippen molar-refractivity contribution in [1.29, 1.82) is 0 Å². The van der Waals surface area contributed by atoms with E-state index in [2.05, 4.69) is 29.7 Å². The maximum Gasteiger partial charge on any atom is 0.210 e. The van der Waals surface area contributed by atoms with E-state index >= 15 is 0 Å². The highest BCUT2D eigenvalue weighted by Gasteiger charge is 2.23. The molecule has 8 rings (SSSR count). The molecule has 40 heavy (non-hydrogen) atoms. The van der Waals surface area contributed by atoms with Crippen molar-refractivity contribution < 1.29 is 0 Å². The van der Waals surface area contributed by atoms with Crippen LogP contribution in [0.3, 0.4) is 0 Å². The molecule has 0 saturated heterocycles.